The Morgan fingerprint density at radius 1 is 1.35 bits per heavy atom. The number of carbonyl (C=O) groups excluding carboxylic acids is 1. The van der Waals surface area contributed by atoms with E-state index in [1.807, 2.05) is 29.8 Å². The number of hydrogen-bond acceptors (Lipinski definition) is 4. The average molecular weight is 360 g/mol. The van der Waals surface area contributed by atoms with Crippen LogP contribution in [0.1, 0.15) is 35.0 Å². The van der Waals surface area contributed by atoms with Crippen LogP contribution in [0.5, 0.6) is 0 Å². The third-order valence-corrected chi connectivity index (χ3v) is 4.71. The Kier molecular flexibility index (Phi) is 5.38. The third-order valence-electron chi connectivity index (χ3n) is 4.71. The van der Waals surface area contributed by atoms with Gasteiger partial charge in [-0.2, -0.15) is 5.10 Å². The molecule has 0 unspecified atom stereocenters. The summed E-state index contributed by atoms with van der Waals surface area (Å²) in [5.41, 5.74) is 3.07. The highest BCUT2D eigenvalue weighted by molar-refractivity contribution is 5.76. The van der Waals surface area contributed by atoms with Crippen LogP contribution in [-0.2, 0) is 24.4 Å². The fourth-order valence-corrected chi connectivity index (χ4v) is 3.11. The predicted molar refractivity (Wildman–Crippen MR) is 95.7 cm³/mol. The van der Waals surface area contributed by atoms with Crippen molar-refractivity contribution in [2.75, 3.05) is 20.6 Å². The first-order valence-corrected chi connectivity index (χ1v) is 8.75. The number of rotatable bonds is 5. The number of amides is 1. The van der Waals surface area contributed by atoms with E-state index in [-0.39, 0.29) is 18.1 Å². The summed E-state index contributed by atoms with van der Waals surface area (Å²) < 4.78 is 15.9. The molecule has 0 saturated carbocycles. The molecule has 1 aromatic carbocycles. The molecule has 1 aliphatic rings. The molecule has 140 valence electrons. The molecule has 1 amide bonds. The Hall–Kier alpha value is -2.25. The average Bonchev–Trinajstić information content (AvgIpc) is 3.00. The van der Waals surface area contributed by atoms with E-state index in [0.29, 0.717) is 30.9 Å². The molecule has 0 spiro atoms. The number of aliphatic hydroxyl groups excluding tert-OH is 1. The molecule has 3 rings (SSSR count). The number of hydrogen-bond donors (Lipinski definition) is 1. The molecule has 2 aromatic rings. The lowest BCUT2D eigenvalue weighted by Crippen LogP contribution is -2.33. The lowest BCUT2D eigenvalue weighted by molar-refractivity contribution is -0.130. The second-order valence-corrected chi connectivity index (χ2v) is 7.10. The number of aliphatic hydroxyl groups is 1. The van der Waals surface area contributed by atoms with Gasteiger partial charge in [-0.1, -0.05) is 12.1 Å². The molecular formula is C19H25FN4O2. The molecule has 26 heavy (non-hydrogen) atoms. The molecule has 0 fully saturated rings. The molecule has 1 aliphatic heterocycles. The molecule has 0 radical (unpaired) electrons. The number of aryl methyl sites for hydroxylation is 1. The number of aromatic nitrogens is 2. The number of halogens is 1. The largest absolute Gasteiger partial charge is 0.386 e. The summed E-state index contributed by atoms with van der Waals surface area (Å²) in [6.07, 6.45) is -0.895. The van der Waals surface area contributed by atoms with Gasteiger partial charge in [-0.05, 0) is 24.6 Å². The van der Waals surface area contributed by atoms with E-state index in [1.54, 1.807) is 20.2 Å². The topological polar surface area (TPSA) is 61.6 Å². The first kappa shape index (κ1) is 18.5. The lowest BCUT2D eigenvalue weighted by Gasteiger charge is -2.27. The van der Waals surface area contributed by atoms with Crippen molar-refractivity contribution in [3.8, 4) is 0 Å². The number of fused-ring (bicyclic) bond motifs is 1. The zero-order valence-corrected chi connectivity index (χ0v) is 15.4. The van der Waals surface area contributed by atoms with Crippen molar-refractivity contribution < 1.29 is 14.3 Å². The van der Waals surface area contributed by atoms with Crippen LogP contribution < -0.4 is 0 Å². The number of nitrogens with zero attached hydrogens (tertiary/aromatic N) is 4. The normalized spacial score (nSPS) is 15.6. The summed E-state index contributed by atoms with van der Waals surface area (Å²) in [4.78, 5) is 15.4. The van der Waals surface area contributed by atoms with Crippen molar-refractivity contribution in [3.63, 3.8) is 0 Å². The second-order valence-electron chi connectivity index (χ2n) is 7.10. The van der Waals surface area contributed by atoms with Crippen molar-refractivity contribution in [2.45, 2.75) is 39.1 Å². The van der Waals surface area contributed by atoms with Gasteiger partial charge in [-0.25, -0.2) is 4.39 Å². The highest BCUT2D eigenvalue weighted by atomic mass is 19.1. The molecule has 0 bridgehead atoms. The molecule has 1 N–H and O–H groups in total. The van der Waals surface area contributed by atoms with Gasteiger partial charge in [0.1, 0.15) is 11.9 Å². The van der Waals surface area contributed by atoms with Crippen molar-refractivity contribution in [1.29, 1.82) is 0 Å². The summed E-state index contributed by atoms with van der Waals surface area (Å²) in [7, 11) is 3.32. The Morgan fingerprint density at radius 2 is 2.12 bits per heavy atom. The lowest BCUT2D eigenvalue weighted by atomic mass is 10.1. The van der Waals surface area contributed by atoms with Crippen LogP contribution in [-0.4, -0.2) is 51.2 Å². The zero-order valence-electron chi connectivity index (χ0n) is 15.4. The Balaban J connectivity index is 1.67. The highest BCUT2D eigenvalue weighted by Gasteiger charge is 2.23. The third kappa shape index (κ3) is 4.11. The summed E-state index contributed by atoms with van der Waals surface area (Å²) in [6, 6.07) is 7.15. The Morgan fingerprint density at radius 3 is 2.81 bits per heavy atom. The van der Waals surface area contributed by atoms with Gasteiger partial charge in [0.25, 0.3) is 0 Å². The van der Waals surface area contributed by atoms with Gasteiger partial charge in [-0.3, -0.25) is 14.4 Å². The van der Waals surface area contributed by atoms with Crippen molar-refractivity contribution in [3.05, 3.63) is 52.6 Å². The molecule has 0 aliphatic carbocycles. The van der Waals surface area contributed by atoms with E-state index in [2.05, 4.69) is 10.00 Å². The quantitative estimate of drug-likeness (QED) is 0.884. The second kappa shape index (κ2) is 7.55. The van der Waals surface area contributed by atoms with E-state index in [1.165, 1.54) is 4.90 Å². The maximum Gasteiger partial charge on any atom is 0.225 e. The van der Waals surface area contributed by atoms with E-state index in [9.17, 15) is 14.3 Å². The van der Waals surface area contributed by atoms with E-state index < -0.39 is 6.10 Å². The monoisotopic (exact) mass is 360 g/mol. The molecular weight excluding hydrogens is 335 g/mol. The van der Waals surface area contributed by atoms with Gasteiger partial charge >= 0.3 is 0 Å². The van der Waals surface area contributed by atoms with E-state index >= 15 is 0 Å². The van der Waals surface area contributed by atoms with Crippen LogP contribution in [0.4, 0.5) is 4.39 Å². The van der Waals surface area contributed by atoms with Crippen LogP contribution in [0.3, 0.4) is 0 Å². The van der Waals surface area contributed by atoms with Crippen LogP contribution in [0, 0.1) is 12.7 Å². The Labute approximate surface area is 152 Å². The van der Waals surface area contributed by atoms with Crippen molar-refractivity contribution >= 4 is 5.91 Å². The van der Waals surface area contributed by atoms with Gasteiger partial charge in [0, 0.05) is 39.3 Å². The van der Waals surface area contributed by atoms with Gasteiger partial charge in [0.05, 0.1) is 24.4 Å². The molecule has 0 saturated heterocycles. The van der Waals surface area contributed by atoms with Gasteiger partial charge in [-0.15, -0.1) is 0 Å². The first-order chi connectivity index (χ1) is 12.3. The van der Waals surface area contributed by atoms with Gasteiger partial charge < -0.3 is 10.0 Å². The minimum Gasteiger partial charge on any atom is -0.386 e. The molecule has 2 heterocycles. The van der Waals surface area contributed by atoms with Crippen LogP contribution in [0.2, 0.25) is 0 Å². The maximum absolute atomic E-state index is 14.1. The maximum atomic E-state index is 14.1. The summed E-state index contributed by atoms with van der Waals surface area (Å²) in [5, 5.41) is 14.7. The molecule has 1 aromatic heterocycles. The smallest absolute Gasteiger partial charge is 0.225 e. The van der Waals surface area contributed by atoms with Crippen LogP contribution in [0.15, 0.2) is 24.3 Å². The minimum atomic E-state index is -0.911. The van der Waals surface area contributed by atoms with Crippen LogP contribution in [0.25, 0.3) is 0 Å². The summed E-state index contributed by atoms with van der Waals surface area (Å²) in [5.74, 6) is -0.317. The fourth-order valence-electron chi connectivity index (χ4n) is 3.11. The van der Waals surface area contributed by atoms with Gasteiger partial charge in [0.15, 0.2) is 0 Å². The fraction of sp³-hybridized carbons (Fsp3) is 0.474. The highest BCUT2D eigenvalue weighted by Crippen LogP contribution is 2.22. The summed E-state index contributed by atoms with van der Waals surface area (Å²) in [6.45, 7) is 4.48. The van der Waals surface area contributed by atoms with Gasteiger partial charge in [0.2, 0.25) is 5.91 Å². The minimum absolute atomic E-state index is 0.0156. The predicted octanol–water partition coefficient (Wildman–Crippen LogP) is 1.86. The number of benzene rings is 1. The molecule has 6 nitrogen and oxygen atoms in total. The van der Waals surface area contributed by atoms with E-state index in [0.717, 1.165) is 17.8 Å². The van der Waals surface area contributed by atoms with Crippen molar-refractivity contribution in [2.24, 2.45) is 0 Å². The first-order valence-electron chi connectivity index (χ1n) is 8.75. The summed E-state index contributed by atoms with van der Waals surface area (Å²) >= 11 is 0. The number of carbonyl (C=O) groups is 1. The molecule has 1 atom stereocenters. The SMILES string of the molecule is Cc1ccc(CN2CCn3nc([C@@H](O)CC(=O)N(C)C)cc3C2)c(F)c1. The molecule has 7 heteroatoms. The van der Waals surface area contributed by atoms with E-state index in [4.69, 9.17) is 0 Å². The zero-order chi connectivity index (χ0) is 18.8. The Bertz CT molecular complexity index is 803. The van der Waals surface area contributed by atoms with Crippen molar-refractivity contribution in [1.82, 2.24) is 19.6 Å². The standard InChI is InChI=1S/C19H25FN4O2/c1-13-4-5-14(16(20)8-13)11-23-6-7-24-15(12-23)9-17(21-24)18(25)10-19(26)22(2)3/h4-5,8-9,18,25H,6-7,10-12H2,1-3H3/t18-/m0/s1. The van der Waals surface area contributed by atoms with Crippen LogP contribution >= 0.6 is 0 Å².